The minimum absolute atomic E-state index is 0.103. The first-order valence-corrected chi connectivity index (χ1v) is 8.22. The van der Waals surface area contributed by atoms with Gasteiger partial charge in [0.1, 0.15) is 5.60 Å². The van der Waals surface area contributed by atoms with E-state index in [0.29, 0.717) is 19.0 Å². The van der Waals surface area contributed by atoms with Crippen molar-refractivity contribution in [3.05, 3.63) is 0 Å². The third kappa shape index (κ3) is 7.65. The van der Waals surface area contributed by atoms with Crippen LogP contribution >= 0.6 is 0 Å². The van der Waals surface area contributed by atoms with Crippen molar-refractivity contribution >= 4 is 6.09 Å². The topological polar surface area (TPSA) is 65.4 Å². The molecule has 1 aliphatic rings. The molecule has 1 aliphatic carbocycles. The predicted octanol–water partition coefficient (Wildman–Crippen LogP) is 3.31. The van der Waals surface area contributed by atoms with E-state index in [1.54, 1.807) is 0 Å². The SMILES string of the molecule is CC(C)(CCC#N)CNCCN(C(=O)OC(C)(C)C)C1CC1. The molecular formula is C17H31N3O2. The van der Waals surface area contributed by atoms with Crippen LogP contribution < -0.4 is 5.32 Å². The number of amides is 1. The lowest BCUT2D eigenvalue weighted by molar-refractivity contribution is 0.0235. The van der Waals surface area contributed by atoms with Crippen molar-refractivity contribution in [3.63, 3.8) is 0 Å². The maximum absolute atomic E-state index is 12.2. The van der Waals surface area contributed by atoms with E-state index in [-0.39, 0.29) is 11.5 Å². The van der Waals surface area contributed by atoms with Crippen molar-refractivity contribution < 1.29 is 9.53 Å². The van der Waals surface area contributed by atoms with Gasteiger partial charge in [0.25, 0.3) is 0 Å². The van der Waals surface area contributed by atoms with Crippen LogP contribution in [0.5, 0.6) is 0 Å². The van der Waals surface area contributed by atoms with E-state index in [4.69, 9.17) is 10.00 Å². The van der Waals surface area contributed by atoms with Gasteiger partial charge in [0.2, 0.25) is 0 Å². The lowest BCUT2D eigenvalue weighted by atomic mass is 9.88. The molecule has 5 nitrogen and oxygen atoms in total. The highest BCUT2D eigenvalue weighted by Gasteiger charge is 2.34. The molecule has 22 heavy (non-hydrogen) atoms. The molecule has 1 N–H and O–H groups in total. The van der Waals surface area contributed by atoms with Crippen LogP contribution in [0, 0.1) is 16.7 Å². The van der Waals surface area contributed by atoms with Gasteiger partial charge in [-0.2, -0.15) is 5.26 Å². The van der Waals surface area contributed by atoms with Gasteiger partial charge in [-0.25, -0.2) is 4.79 Å². The fourth-order valence-corrected chi connectivity index (χ4v) is 2.24. The second kappa shape index (κ2) is 7.82. The largest absolute Gasteiger partial charge is 0.444 e. The molecule has 0 unspecified atom stereocenters. The van der Waals surface area contributed by atoms with Crippen LogP contribution in [0.2, 0.25) is 0 Å². The van der Waals surface area contributed by atoms with Gasteiger partial charge in [-0.15, -0.1) is 0 Å². The summed E-state index contributed by atoms with van der Waals surface area (Å²) in [5, 5.41) is 12.1. The Labute approximate surface area is 135 Å². The number of ether oxygens (including phenoxy) is 1. The van der Waals surface area contributed by atoms with Crippen molar-refractivity contribution in [2.24, 2.45) is 5.41 Å². The molecule has 0 radical (unpaired) electrons. The second-order valence-corrected chi connectivity index (χ2v) is 7.90. The molecule has 0 bridgehead atoms. The van der Waals surface area contributed by atoms with Crippen LogP contribution in [0.15, 0.2) is 0 Å². The summed E-state index contributed by atoms with van der Waals surface area (Å²) < 4.78 is 5.48. The average molecular weight is 309 g/mol. The minimum atomic E-state index is -0.447. The van der Waals surface area contributed by atoms with Gasteiger partial charge in [0.15, 0.2) is 0 Å². The van der Waals surface area contributed by atoms with Crippen molar-refractivity contribution in [2.45, 2.75) is 71.9 Å². The molecule has 0 spiro atoms. The molecule has 0 aromatic rings. The van der Waals surface area contributed by atoms with Gasteiger partial charge >= 0.3 is 6.09 Å². The molecule has 1 saturated carbocycles. The molecule has 1 amide bonds. The first-order valence-electron chi connectivity index (χ1n) is 8.22. The number of nitrogens with zero attached hydrogens (tertiary/aromatic N) is 2. The smallest absolute Gasteiger partial charge is 0.410 e. The standard InChI is InChI=1S/C17H31N3O2/c1-16(2,3)22-15(21)20(14-7-8-14)12-11-19-13-17(4,5)9-6-10-18/h14,19H,6-9,11-13H2,1-5H3. The maximum Gasteiger partial charge on any atom is 0.410 e. The molecular weight excluding hydrogens is 278 g/mol. The summed E-state index contributed by atoms with van der Waals surface area (Å²) in [4.78, 5) is 14.1. The van der Waals surface area contributed by atoms with Gasteiger partial charge in [0, 0.05) is 32.1 Å². The zero-order valence-electron chi connectivity index (χ0n) is 14.7. The van der Waals surface area contributed by atoms with E-state index in [9.17, 15) is 4.79 Å². The Kier molecular flexibility index (Phi) is 6.67. The van der Waals surface area contributed by atoms with Gasteiger partial charge in [0.05, 0.1) is 6.07 Å². The number of rotatable bonds is 8. The van der Waals surface area contributed by atoms with Crippen LogP contribution in [-0.2, 0) is 4.74 Å². The van der Waals surface area contributed by atoms with E-state index >= 15 is 0 Å². The number of carbonyl (C=O) groups is 1. The monoisotopic (exact) mass is 309 g/mol. The summed E-state index contributed by atoms with van der Waals surface area (Å²) in [5.74, 6) is 0. The van der Waals surface area contributed by atoms with E-state index in [1.807, 2.05) is 25.7 Å². The summed E-state index contributed by atoms with van der Waals surface area (Å²) in [5.41, 5.74) is -0.344. The quantitative estimate of drug-likeness (QED) is 0.699. The lowest BCUT2D eigenvalue weighted by Crippen LogP contribution is -2.43. The van der Waals surface area contributed by atoms with Crippen molar-refractivity contribution in [1.29, 1.82) is 5.26 Å². The zero-order valence-corrected chi connectivity index (χ0v) is 14.7. The van der Waals surface area contributed by atoms with Crippen molar-refractivity contribution in [3.8, 4) is 6.07 Å². The highest BCUT2D eigenvalue weighted by Crippen LogP contribution is 2.28. The maximum atomic E-state index is 12.2. The van der Waals surface area contributed by atoms with E-state index < -0.39 is 5.60 Å². The highest BCUT2D eigenvalue weighted by atomic mass is 16.6. The van der Waals surface area contributed by atoms with Gasteiger partial charge in [-0.05, 0) is 45.4 Å². The van der Waals surface area contributed by atoms with Gasteiger partial charge in [-0.1, -0.05) is 13.8 Å². The summed E-state index contributed by atoms with van der Waals surface area (Å²) >= 11 is 0. The molecule has 0 aliphatic heterocycles. The van der Waals surface area contributed by atoms with E-state index in [1.165, 1.54) is 0 Å². The number of hydrogen-bond acceptors (Lipinski definition) is 4. The summed E-state index contributed by atoms with van der Waals surface area (Å²) in [6.07, 6.45) is 3.41. The molecule has 1 fully saturated rings. The number of hydrogen-bond donors (Lipinski definition) is 1. The third-order valence-electron chi connectivity index (χ3n) is 3.66. The molecule has 5 heteroatoms. The third-order valence-corrected chi connectivity index (χ3v) is 3.66. The Bertz CT molecular complexity index is 403. The van der Waals surface area contributed by atoms with Gasteiger partial charge in [-0.3, -0.25) is 0 Å². The Balaban J connectivity index is 2.34. The Morgan fingerprint density at radius 3 is 2.45 bits per heavy atom. The lowest BCUT2D eigenvalue weighted by Gasteiger charge is -2.28. The van der Waals surface area contributed by atoms with Crippen LogP contribution in [0.25, 0.3) is 0 Å². The Morgan fingerprint density at radius 2 is 1.95 bits per heavy atom. The molecule has 0 heterocycles. The fraction of sp³-hybridized carbons (Fsp3) is 0.882. The fourth-order valence-electron chi connectivity index (χ4n) is 2.24. The molecule has 1 rings (SSSR count). The zero-order chi connectivity index (χ0) is 16.8. The van der Waals surface area contributed by atoms with E-state index in [0.717, 1.165) is 32.4 Å². The first-order chi connectivity index (χ1) is 10.1. The predicted molar refractivity (Wildman–Crippen MR) is 87.5 cm³/mol. The second-order valence-electron chi connectivity index (χ2n) is 7.90. The van der Waals surface area contributed by atoms with Crippen molar-refractivity contribution in [2.75, 3.05) is 19.6 Å². The van der Waals surface area contributed by atoms with Crippen LogP contribution in [0.4, 0.5) is 4.79 Å². The van der Waals surface area contributed by atoms with Gasteiger partial charge < -0.3 is 15.0 Å². The number of nitriles is 1. The molecule has 0 atom stereocenters. The highest BCUT2D eigenvalue weighted by molar-refractivity contribution is 5.69. The molecule has 0 aromatic heterocycles. The summed E-state index contributed by atoms with van der Waals surface area (Å²) in [6, 6.07) is 2.55. The Hall–Kier alpha value is -1.28. The molecule has 126 valence electrons. The van der Waals surface area contributed by atoms with Crippen LogP contribution in [0.1, 0.15) is 60.3 Å². The Morgan fingerprint density at radius 1 is 1.32 bits per heavy atom. The molecule has 0 saturated heterocycles. The number of nitrogens with one attached hydrogen (secondary N) is 1. The minimum Gasteiger partial charge on any atom is -0.444 e. The summed E-state index contributed by atoms with van der Waals surface area (Å²) in [6.45, 7) is 12.3. The summed E-state index contributed by atoms with van der Waals surface area (Å²) in [7, 11) is 0. The first kappa shape index (κ1) is 18.8. The van der Waals surface area contributed by atoms with E-state index in [2.05, 4.69) is 25.2 Å². The normalized spacial score (nSPS) is 15.3. The number of carbonyl (C=O) groups excluding carboxylic acids is 1. The van der Waals surface area contributed by atoms with Crippen LogP contribution in [0.3, 0.4) is 0 Å². The van der Waals surface area contributed by atoms with Crippen molar-refractivity contribution in [1.82, 2.24) is 10.2 Å². The average Bonchev–Trinajstić information content (AvgIpc) is 3.18. The van der Waals surface area contributed by atoms with Crippen LogP contribution in [-0.4, -0.2) is 42.3 Å². The molecule has 0 aromatic carbocycles.